The molecule has 2 amide bonds. The first-order valence-corrected chi connectivity index (χ1v) is 7.62. The van der Waals surface area contributed by atoms with Crippen LogP contribution in [0, 0.1) is 0 Å². The van der Waals surface area contributed by atoms with Crippen molar-refractivity contribution < 1.29 is 4.79 Å². The topological polar surface area (TPSA) is 90.1 Å². The van der Waals surface area contributed by atoms with Crippen molar-refractivity contribution >= 4 is 29.0 Å². The summed E-state index contributed by atoms with van der Waals surface area (Å²) in [4.78, 5) is 25.4. The van der Waals surface area contributed by atoms with Gasteiger partial charge in [-0.3, -0.25) is 4.79 Å². The Morgan fingerprint density at radius 2 is 2.13 bits per heavy atom. The number of H-pyrrole nitrogens is 1. The van der Waals surface area contributed by atoms with Gasteiger partial charge >= 0.3 is 6.03 Å². The zero-order chi connectivity index (χ0) is 16.2. The van der Waals surface area contributed by atoms with E-state index in [0.717, 1.165) is 12.1 Å². The van der Waals surface area contributed by atoms with Crippen LogP contribution in [0.5, 0.6) is 0 Å². The molecule has 1 aromatic carbocycles. The number of hydrogen-bond acceptors (Lipinski definition) is 4. The van der Waals surface area contributed by atoms with E-state index in [1.54, 1.807) is 0 Å². The van der Waals surface area contributed by atoms with Crippen LogP contribution >= 0.6 is 11.6 Å². The first kappa shape index (κ1) is 15.4. The number of amides is 2. The summed E-state index contributed by atoms with van der Waals surface area (Å²) in [6, 6.07) is 8.97. The molecule has 1 atom stereocenters. The lowest BCUT2D eigenvalue weighted by molar-refractivity contribution is 0.249. The van der Waals surface area contributed by atoms with Crippen LogP contribution in [-0.4, -0.2) is 35.4 Å². The summed E-state index contributed by atoms with van der Waals surface area (Å²) in [7, 11) is 0. The van der Waals surface area contributed by atoms with E-state index in [1.165, 1.54) is 6.20 Å². The quantitative estimate of drug-likeness (QED) is 0.799. The highest BCUT2D eigenvalue weighted by molar-refractivity contribution is 6.33. The van der Waals surface area contributed by atoms with Crippen molar-refractivity contribution in [2.75, 3.05) is 23.3 Å². The molecule has 1 aromatic heterocycles. The normalized spacial score (nSPS) is 17.1. The molecule has 23 heavy (non-hydrogen) atoms. The highest BCUT2D eigenvalue weighted by Crippen LogP contribution is 2.24. The monoisotopic (exact) mass is 333 g/mol. The van der Waals surface area contributed by atoms with Gasteiger partial charge in [-0.25, -0.2) is 9.89 Å². The van der Waals surface area contributed by atoms with Crippen molar-refractivity contribution in [3.05, 3.63) is 51.9 Å². The third-order valence-corrected chi connectivity index (χ3v) is 4.04. The number of benzene rings is 1. The number of nitrogens with zero attached hydrogens (tertiary/aromatic N) is 2. The predicted molar refractivity (Wildman–Crippen MR) is 89.1 cm³/mol. The maximum Gasteiger partial charge on any atom is 0.319 e. The molecule has 1 aliphatic heterocycles. The number of para-hydroxylation sites is 1. The number of halogens is 1. The molecule has 0 bridgehead atoms. The van der Waals surface area contributed by atoms with E-state index >= 15 is 0 Å². The fourth-order valence-electron chi connectivity index (χ4n) is 2.57. The van der Waals surface area contributed by atoms with E-state index in [4.69, 9.17) is 11.6 Å². The molecule has 2 heterocycles. The van der Waals surface area contributed by atoms with Gasteiger partial charge in [-0.1, -0.05) is 29.8 Å². The number of aromatic amines is 1. The number of nitrogens with one attached hydrogen (secondary N) is 3. The Balaban J connectivity index is 1.59. The Kier molecular flexibility index (Phi) is 4.47. The molecule has 3 N–H and O–H groups in total. The van der Waals surface area contributed by atoms with Crippen LogP contribution in [-0.2, 0) is 0 Å². The molecule has 0 aliphatic carbocycles. The number of carbonyl (C=O) groups excluding carboxylic acids is 1. The van der Waals surface area contributed by atoms with Gasteiger partial charge in [0.25, 0.3) is 5.56 Å². The lowest BCUT2D eigenvalue weighted by Gasteiger charge is -2.19. The van der Waals surface area contributed by atoms with Crippen molar-refractivity contribution in [1.82, 2.24) is 15.5 Å². The van der Waals surface area contributed by atoms with Crippen LogP contribution in [0.4, 0.5) is 16.2 Å². The van der Waals surface area contributed by atoms with Gasteiger partial charge in [0.05, 0.1) is 11.9 Å². The zero-order valence-corrected chi connectivity index (χ0v) is 13.0. The minimum absolute atomic E-state index is 0.0194. The van der Waals surface area contributed by atoms with E-state index in [2.05, 4.69) is 20.8 Å². The fraction of sp³-hybridized carbons (Fsp3) is 0.267. The van der Waals surface area contributed by atoms with E-state index in [9.17, 15) is 9.59 Å². The lowest BCUT2D eigenvalue weighted by Crippen LogP contribution is -2.39. The van der Waals surface area contributed by atoms with Crippen LogP contribution in [0.15, 0.2) is 41.3 Å². The summed E-state index contributed by atoms with van der Waals surface area (Å²) in [5, 5.41) is 11.9. The maximum absolute atomic E-state index is 12.0. The number of anilines is 2. The number of aromatic nitrogens is 2. The van der Waals surface area contributed by atoms with Crippen LogP contribution in [0.25, 0.3) is 0 Å². The largest absolute Gasteiger partial charge is 0.367 e. The van der Waals surface area contributed by atoms with Gasteiger partial charge in [-0.15, -0.1) is 0 Å². The Bertz CT molecular complexity index is 749. The number of hydrogen-bond donors (Lipinski definition) is 3. The third kappa shape index (κ3) is 3.62. The van der Waals surface area contributed by atoms with Crippen molar-refractivity contribution in [3.8, 4) is 0 Å². The molecule has 1 aliphatic rings. The lowest BCUT2D eigenvalue weighted by atomic mass is 10.3. The molecule has 7 nitrogen and oxygen atoms in total. The van der Waals surface area contributed by atoms with Gasteiger partial charge in [-0.2, -0.15) is 5.10 Å². The van der Waals surface area contributed by atoms with E-state index < -0.39 is 5.56 Å². The standard InChI is InChI=1S/C15H16ClN5O2/c16-13-12(8-17-20-14(13)22)21-7-6-11(9-21)19-15(23)18-10-4-2-1-3-5-10/h1-5,8,11H,6-7,9H2,(H,20,22)(H2,18,19,23)/t11-/m1/s1. The van der Waals surface area contributed by atoms with Crippen LogP contribution < -0.4 is 21.1 Å². The van der Waals surface area contributed by atoms with Crippen molar-refractivity contribution in [2.24, 2.45) is 0 Å². The van der Waals surface area contributed by atoms with Gasteiger partial charge in [0.15, 0.2) is 0 Å². The molecule has 1 fully saturated rings. The van der Waals surface area contributed by atoms with Crippen LogP contribution in [0.1, 0.15) is 6.42 Å². The summed E-state index contributed by atoms with van der Waals surface area (Å²) >= 11 is 6.01. The number of carbonyl (C=O) groups is 1. The summed E-state index contributed by atoms with van der Waals surface area (Å²) < 4.78 is 0. The summed E-state index contributed by atoms with van der Waals surface area (Å²) in [5.41, 5.74) is 0.910. The van der Waals surface area contributed by atoms with E-state index in [1.807, 2.05) is 35.2 Å². The zero-order valence-electron chi connectivity index (χ0n) is 12.3. The van der Waals surface area contributed by atoms with Crippen molar-refractivity contribution in [1.29, 1.82) is 0 Å². The van der Waals surface area contributed by atoms with Crippen LogP contribution in [0.2, 0.25) is 5.02 Å². The van der Waals surface area contributed by atoms with Gasteiger partial charge in [-0.05, 0) is 18.6 Å². The average molecular weight is 334 g/mol. The van der Waals surface area contributed by atoms with Gasteiger partial charge in [0, 0.05) is 24.8 Å². The number of urea groups is 1. The third-order valence-electron chi connectivity index (χ3n) is 3.67. The second-order valence-electron chi connectivity index (χ2n) is 5.29. The molecule has 1 saturated heterocycles. The molecule has 8 heteroatoms. The predicted octanol–water partition coefficient (Wildman–Crippen LogP) is 1.82. The highest BCUT2D eigenvalue weighted by Gasteiger charge is 2.26. The smallest absolute Gasteiger partial charge is 0.319 e. The molecule has 0 saturated carbocycles. The molecule has 2 aromatic rings. The molecular formula is C15H16ClN5O2. The molecular weight excluding hydrogens is 318 g/mol. The molecule has 0 radical (unpaired) electrons. The number of rotatable bonds is 3. The molecule has 3 rings (SSSR count). The minimum Gasteiger partial charge on any atom is -0.367 e. The molecule has 120 valence electrons. The Labute approximate surface area is 137 Å². The van der Waals surface area contributed by atoms with E-state index in [0.29, 0.717) is 18.8 Å². The van der Waals surface area contributed by atoms with Gasteiger partial charge in [0.2, 0.25) is 0 Å². The first-order chi connectivity index (χ1) is 11.1. The van der Waals surface area contributed by atoms with E-state index in [-0.39, 0.29) is 17.1 Å². The van der Waals surface area contributed by atoms with Crippen molar-refractivity contribution in [2.45, 2.75) is 12.5 Å². The second kappa shape index (κ2) is 6.70. The minimum atomic E-state index is -0.414. The van der Waals surface area contributed by atoms with Crippen LogP contribution in [0.3, 0.4) is 0 Å². The molecule has 0 spiro atoms. The summed E-state index contributed by atoms with van der Waals surface area (Å²) in [5.74, 6) is 0. The summed E-state index contributed by atoms with van der Waals surface area (Å²) in [6.45, 7) is 1.27. The van der Waals surface area contributed by atoms with Gasteiger partial charge in [0.1, 0.15) is 5.02 Å². The fourth-order valence-corrected chi connectivity index (χ4v) is 2.78. The van der Waals surface area contributed by atoms with Crippen molar-refractivity contribution in [3.63, 3.8) is 0 Å². The highest BCUT2D eigenvalue weighted by atomic mass is 35.5. The summed E-state index contributed by atoms with van der Waals surface area (Å²) in [6.07, 6.45) is 2.29. The molecule has 0 unspecified atom stereocenters. The Morgan fingerprint density at radius 3 is 2.91 bits per heavy atom. The second-order valence-corrected chi connectivity index (χ2v) is 5.67. The SMILES string of the molecule is O=C(Nc1ccccc1)N[C@@H]1CCN(c2cn[nH]c(=O)c2Cl)C1. The maximum atomic E-state index is 12.0. The Morgan fingerprint density at radius 1 is 1.35 bits per heavy atom. The average Bonchev–Trinajstić information content (AvgIpc) is 2.99. The Hall–Kier alpha value is -2.54. The van der Waals surface area contributed by atoms with Gasteiger partial charge < -0.3 is 15.5 Å². The first-order valence-electron chi connectivity index (χ1n) is 7.24.